The lowest BCUT2D eigenvalue weighted by atomic mass is 10.1. The molecule has 0 saturated carbocycles. The van der Waals surface area contributed by atoms with Crippen molar-refractivity contribution in [1.82, 2.24) is 5.32 Å². The summed E-state index contributed by atoms with van der Waals surface area (Å²) in [5.41, 5.74) is 1.56. The first-order chi connectivity index (χ1) is 14.1. The maximum atomic E-state index is 12.8. The van der Waals surface area contributed by atoms with Gasteiger partial charge in [-0.05, 0) is 49.1 Å². The smallest absolute Gasteiger partial charge is 0.262 e. The fourth-order valence-electron chi connectivity index (χ4n) is 3.27. The molecule has 3 aromatic rings. The Morgan fingerprint density at radius 2 is 2.03 bits per heavy atom. The van der Waals surface area contributed by atoms with Gasteiger partial charge in [-0.3, -0.25) is 9.59 Å². The predicted octanol–water partition coefficient (Wildman–Crippen LogP) is 4.43. The van der Waals surface area contributed by atoms with E-state index in [1.54, 1.807) is 42.7 Å². The minimum Gasteiger partial charge on any atom is -0.482 e. The highest BCUT2D eigenvalue weighted by atomic mass is 35.5. The van der Waals surface area contributed by atoms with Crippen molar-refractivity contribution in [2.24, 2.45) is 0 Å². The summed E-state index contributed by atoms with van der Waals surface area (Å²) in [4.78, 5) is 26.4. The van der Waals surface area contributed by atoms with Crippen molar-refractivity contribution < 1.29 is 18.7 Å². The van der Waals surface area contributed by atoms with Crippen LogP contribution < -0.4 is 15.4 Å². The normalized spacial score (nSPS) is 12.4. The highest BCUT2D eigenvalue weighted by molar-refractivity contribution is 7.17. The zero-order chi connectivity index (χ0) is 20.2. The molecule has 0 fully saturated rings. The van der Waals surface area contributed by atoms with Crippen molar-refractivity contribution >= 4 is 39.8 Å². The van der Waals surface area contributed by atoms with Gasteiger partial charge < -0.3 is 19.8 Å². The lowest BCUT2D eigenvalue weighted by Crippen LogP contribution is -2.26. The molecule has 150 valence electrons. The number of nitrogens with one attached hydrogen (secondary N) is 2. The molecule has 0 saturated heterocycles. The number of thiophene rings is 1. The van der Waals surface area contributed by atoms with E-state index >= 15 is 0 Å². The van der Waals surface area contributed by atoms with E-state index in [-0.39, 0.29) is 18.4 Å². The summed E-state index contributed by atoms with van der Waals surface area (Å²) in [5, 5.41) is 6.69. The zero-order valence-electron chi connectivity index (χ0n) is 15.5. The first-order valence-corrected chi connectivity index (χ1v) is 10.4. The predicted molar refractivity (Wildman–Crippen MR) is 112 cm³/mol. The second-order valence-electron chi connectivity index (χ2n) is 6.59. The highest BCUT2D eigenvalue weighted by Crippen LogP contribution is 2.39. The average Bonchev–Trinajstić information content (AvgIpc) is 3.43. The Morgan fingerprint density at radius 1 is 1.17 bits per heavy atom. The van der Waals surface area contributed by atoms with Gasteiger partial charge in [0, 0.05) is 4.88 Å². The van der Waals surface area contributed by atoms with Crippen LogP contribution in [0.25, 0.3) is 0 Å². The van der Waals surface area contributed by atoms with Gasteiger partial charge in [0.25, 0.3) is 11.8 Å². The molecule has 2 heterocycles. The van der Waals surface area contributed by atoms with Crippen molar-refractivity contribution in [3.05, 3.63) is 69.4 Å². The molecule has 1 aliphatic rings. The lowest BCUT2D eigenvalue weighted by molar-refractivity contribution is -0.118. The molecule has 1 aromatic carbocycles. The van der Waals surface area contributed by atoms with E-state index in [1.807, 2.05) is 0 Å². The number of ether oxygens (including phenoxy) is 1. The molecular weight excluding hydrogens is 412 g/mol. The van der Waals surface area contributed by atoms with E-state index in [0.29, 0.717) is 33.6 Å². The average molecular weight is 431 g/mol. The molecule has 6 nitrogen and oxygen atoms in total. The number of carbonyl (C=O) groups is 2. The van der Waals surface area contributed by atoms with E-state index in [2.05, 4.69) is 10.6 Å². The SMILES string of the molecule is O=C(COc1ccccc1Cl)Nc1sc2c(c1C(=O)NCc1ccco1)CCC2. The molecule has 2 aromatic heterocycles. The Kier molecular flexibility index (Phi) is 5.87. The van der Waals surface area contributed by atoms with Crippen LogP contribution in [0.15, 0.2) is 47.1 Å². The third-order valence-corrected chi connectivity index (χ3v) is 6.12. The molecule has 0 unspecified atom stereocenters. The van der Waals surface area contributed by atoms with Gasteiger partial charge in [0.15, 0.2) is 6.61 Å². The Morgan fingerprint density at radius 3 is 2.83 bits per heavy atom. The number of benzene rings is 1. The molecule has 2 N–H and O–H groups in total. The summed E-state index contributed by atoms with van der Waals surface area (Å²) >= 11 is 7.50. The van der Waals surface area contributed by atoms with Gasteiger partial charge in [-0.1, -0.05) is 23.7 Å². The minimum absolute atomic E-state index is 0.195. The first-order valence-electron chi connectivity index (χ1n) is 9.24. The third-order valence-electron chi connectivity index (χ3n) is 4.60. The van der Waals surface area contributed by atoms with Crippen molar-refractivity contribution in [3.63, 3.8) is 0 Å². The standard InChI is InChI=1S/C21H19ClN2O4S/c22-15-7-1-2-8-16(15)28-12-18(25)24-21-19(14-6-3-9-17(14)29-21)20(26)23-11-13-5-4-10-27-13/h1-2,4-5,7-8,10H,3,6,9,11-12H2,(H,23,26)(H,24,25). The van der Waals surface area contributed by atoms with Gasteiger partial charge in [-0.2, -0.15) is 0 Å². The molecule has 2 amide bonds. The fraction of sp³-hybridized carbons (Fsp3) is 0.238. The Balaban J connectivity index is 1.45. The maximum Gasteiger partial charge on any atom is 0.262 e. The Hall–Kier alpha value is -2.77. The van der Waals surface area contributed by atoms with Crippen LogP contribution in [-0.2, 0) is 24.2 Å². The quantitative estimate of drug-likeness (QED) is 0.581. The Labute approximate surface area is 176 Å². The van der Waals surface area contributed by atoms with Crippen molar-refractivity contribution in [3.8, 4) is 5.75 Å². The number of amides is 2. The van der Waals surface area contributed by atoms with E-state index < -0.39 is 0 Å². The number of carbonyl (C=O) groups excluding carboxylic acids is 2. The molecule has 0 atom stereocenters. The summed E-state index contributed by atoms with van der Waals surface area (Å²) in [7, 11) is 0. The number of furan rings is 1. The number of hydrogen-bond acceptors (Lipinski definition) is 5. The van der Waals surface area contributed by atoms with E-state index in [1.165, 1.54) is 11.3 Å². The van der Waals surface area contributed by atoms with Crippen LogP contribution in [0.4, 0.5) is 5.00 Å². The van der Waals surface area contributed by atoms with Crippen LogP contribution in [0, 0.1) is 0 Å². The fourth-order valence-corrected chi connectivity index (χ4v) is 4.76. The van der Waals surface area contributed by atoms with Gasteiger partial charge >= 0.3 is 0 Å². The second-order valence-corrected chi connectivity index (χ2v) is 8.10. The molecule has 0 spiro atoms. The second kappa shape index (κ2) is 8.71. The number of rotatable bonds is 7. The number of hydrogen-bond donors (Lipinski definition) is 2. The topological polar surface area (TPSA) is 80.6 Å². The van der Waals surface area contributed by atoms with E-state index in [4.69, 9.17) is 20.8 Å². The number of para-hydroxylation sites is 1. The molecule has 8 heteroatoms. The zero-order valence-corrected chi connectivity index (χ0v) is 17.1. The van der Waals surface area contributed by atoms with E-state index in [9.17, 15) is 9.59 Å². The van der Waals surface area contributed by atoms with Crippen molar-refractivity contribution in [2.75, 3.05) is 11.9 Å². The van der Waals surface area contributed by atoms with Gasteiger partial charge in [0.2, 0.25) is 0 Å². The van der Waals surface area contributed by atoms with Crippen LogP contribution in [0.3, 0.4) is 0 Å². The molecule has 29 heavy (non-hydrogen) atoms. The summed E-state index contributed by atoms with van der Waals surface area (Å²) in [6.07, 6.45) is 4.34. The van der Waals surface area contributed by atoms with Crippen molar-refractivity contribution in [2.45, 2.75) is 25.8 Å². The summed E-state index contributed by atoms with van der Waals surface area (Å²) in [5.74, 6) is 0.548. The van der Waals surface area contributed by atoms with Gasteiger partial charge in [0.05, 0.1) is 23.4 Å². The number of anilines is 1. The number of halogens is 1. The highest BCUT2D eigenvalue weighted by Gasteiger charge is 2.27. The van der Waals surface area contributed by atoms with Gasteiger partial charge in [-0.15, -0.1) is 11.3 Å². The monoisotopic (exact) mass is 430 g/mol. The molecule has 1 aliphatic carbocycles. The van der Waals surface area contributed by atoms with Crippen LogP contribution >= 0.6 is 22.9 Å². The van der Waals surface area contributed by atoms with E-state index in [0.717, 1.165) is 29.7 Å². The van der Waals surface area contributed by atoms with Crippen LogP contribution in [0.1, 0.15) is 33.0 Å². The summed E-state index contributed by atoms with van der Waals surface area (Å²) < 4.78 is 10.8. The molecule has 0 bridgehead atoms. The molecule has 4 rings (SSSR count). The largest absolute Gasteiger partial charge is 0.482 e. The summed E-state index contributed by atoms with van der Waals surface area (Å²) in [6.45, 7) is 0.0964. The maximum absolute atomic E-state index is 12.8. The Bertz CT molecular complexity index is 1030. The van der Waals surface area contributed by atoms with Crippen LogP contribution in [0.5, 0.6) is 5.75 Å². The lowest BCUT2D eigenvalue weighted by Gasteiger charge is -2.10. The third kappa shape index (κ3) is 4.46. The van der Waals surface area contributed by atoms with Crippen LogP contribution in [-0.4, -0.2) is 18.4 Å². The number of aryl methyl sites for hydroxylation is 1. The van der Waals surface area contributed by atoms with Crippen molar-refractivity contribution in [1.29, 1.82) is 0 Å². The van der Waals surface area contributed by atoms with Gasteiger partial charge in [-0.25, -0.2) is 0 Å². The first kappa shape index (κ1) is 19.5. The minimum atomic E-state index is -0.343. The molecule has 0 aliphatic heterocycles. The molecular formula is C21H19ClN2O4S. The summed E-state index contributed by atoms with van der Waals surface area (Å²) in [6, 6.07) is 10.5. The van der Waals surface area contributed by atoms with Crippen LogP contribution in [0.2, 0.25) is 5.02 Å². The van der Waals surface area contributed by atoms with Gasteiger partial charge in [0.1, 0.15) is 16.5 Å². The number of fused-ring (bicyclic) bond motifs is 1. The molecule has 0 radical (unpaired) electrons.